The Kier molecular flexibility index (Phi) is 5.05. The Morgan fingerprint density at radius 3 is 2.54 bits per heavy atom. The van der Waals surface area contributed by atoms with Gasteiger partial charge in [0, 0.05) is 28.2 Å². The van der Waals surface area contributed by atoms with E-state index in [2.05, 4.69) is 4.74 Å². The van der Waals surface area contributed by atoms with E-state index < -0.39 is 41.6 Å². The predicted octanol–water partition coefficient (Wildman–Crippen LogP) is 3.74. The van der Waals surface area contributed by atoms with Crippen LogP contribution < -0.4 is 0 Å². The van der Waals surface area contributed by atoms with Gasteiger partial charge in [0.1, 0.15) is 5.75 Å². The summed E-state index contributed by atoms with van der Waals surface area (Å²) in [7, 11) is 1.10. The average Bonchev–Trinajstić information content (AvgIpc) is 3.15. The molecule has 1 heterocycles. The number of fused-ring (bicyclic) bond motifs is 4. The number of ether oxygens (including phenoxy) is 1. The van der Waals surface area contributed by atoms with E-state index in [4.69, 9.17) is 0 Å². The van der Waals surface area contributed by atoms with Crippen LogP contribution in [0.15, 0.2) is 70.8 Å². The van der Waals surface area contributed by atoms with Crippen LogP contribution in [-0.2, 0) is 23.9 Å². The van der Waals surface area contributed by atoms with E-state index in [-0.39, 0.29) is 35.7 Å². The Morgan fingerprint density at radius 2 is 1.78 bits per heavy atom. The third-order valence-corrected chi connectivity index (χ3v) is 8.16. The zero-order valence-electron chi connectivity index (χ0n) is 20.2. The molecule has 0 saturated carbocycles. The number of carbonyl (C=O) groups is 5. The lowest BCUT2D eigenvalue weighted by molar-refractivity contribution is -0.137. The summed E-state index contributed by atoms with van der Waals surface area (Å²) in [6.45, 7) is 1.59. The van der Waals surface area contributed by atoms with Crippen LogP contribution >= 0.6 is 0 Å². The summed E-state index contributed by atoms with van der Waals surface area (Å²) in [6.07, 6.45) is 2.40. The Balaban J connectivity index is 1.60. The summed E-state index contributed by atoms with van der Waals surface area (Å²) in [5.41, 5.74) is 2.09. The normalized spacial score (nSPS) is 27.0. The standard InChI is InChI=1S/C29H23NO7/c1-13-11-21(32)19-12-18-16(8-9-17-22(18)28(35)30(27(17)34)29(36)37-2)24(25(19)26(13)33)23-15-6-4-3-5-14(15)7-10-20(23)31/h3-8,10-11,17-18,22,24,31H,9,12H2,1-2H3/t17-,18+,22-,24+/m0/s1. The van der Waals surface area contributed by atoms with E-state index in [9.17, 15) is 29.1 Å². The van der Waals surface area contributed by atoms with E-state index in [1.165, 1.54) is 6.08 Å². The highest BCUT2D eigenvalue weighted by molar-refractivity contribution is 6.24. The fourth-order valence-electron chi connectivity index (χ4n) is 6.55. The van der Waals surface area contributed by atoms with Crippen molar-refractivity contribution in [3.05, 3.63) is 76.4 Å². The number of phenols is 1. The molecule has 8 heteroatoms. The molecule has 1 saturated heterocycles. The highest BCUT2D eigenvalue weighted by Crippen LogP contribution is 2.57. The SMILES string of the molecule is COC(=O)N1C(=O)[C@H]2[C@H](CC=C3[C@H](c4c(O)ccc5ccccc45)C4=C(C[C@H]32)C(=O)C=C(C)C4=O)C1=O. The summed E-state index contributed by atoms with van der Waals surface area (Å²) >= 11 is 0. The van der Waals surface area contributed by atoms with Gasteiger partial charge in [-0.2, -0.15) is 4.90 Å². The number of methoxy groups -OCH3 is 1. The van der Waals surface area contributed by atoms with Crippen molar-refractivity contribution in [2.24, 2.45) is 17.8 Å². The minimum atomic E-state index is -1.03. The topological polar surface area (TPSA) is 118 Å². The molecular weight excluding hydrogens is 474 g/mol. The second-order valence-corrected chi connectivity index (χ2v) is 9.93. The summed E-state index contributed by atoms with van der Waals surface area (Å²) in [5.74, 6) is -4.95. The number of benzene rings is 2. The lowest BCUT2D eigenvalue weighted by Gasteiger charge is -2.42. The van der Waals surface area contributed by atoms with Gasteiger partial charge < -0.3 is 9.84 Å². The second kappa shape index (κ2) is 8.09. The first-order valence-electron chi connectivity index (χ1n) is 12.1. The molecule has 0 spiro atoms. The van der Waals surface area contributed by atoms with Crippen LogP contribution in [0.3, 0.4) is 0 Å². The molecule has 1 aliphatic heterocycles. The zero-order valence-corrected chi connectivity index (χ0v) is 20.2. The molecule has 4 atom stereocenters. The van der Waals surface area contributed by atoms with E-state index in [0.717, 1.165) is 17.9 Å². The zero-order chi connectivity index (χ0) is 26.2. The number of ketones is 2. The van der Waals surface area contributed by atoms with Gasteiger partial charge in [-0.3, -0.25) is 19.2 Å². The minimum Gasteiger partial charge on any atom is -0.508 e. The molecule has 0 unspecified atom stereocenters. The van der Waals surface area contributed by atoms with Crippen molar-refractivity contribution in [1.29, 1.82) is 0 Å². The number of Topliss-reactive ketones (excluding diaryl/α,β-unsaturated/α-hetero) is 1. The number of aromatic hydroxyl groups is 1. The molecule has 4 aliphatic rings. The highest BCUT2D eigenvalue weighted by Gasteiger charge is 2.58. The molecule has 1 fully saturated rings. The molecule has 2 aromatic carbocycles. The number of nitrogens with zero attached hydrogens (tertiary/aromatic N) is 1. The maximum Gasteiger partial charge on any atom is 0.423 e. The third kappa shape index (κ3) is 3.11. The van der Waals surface area contributed by atoms with Crippen molar-refractivity contribution in [1.82, 2.24) is 4.90 Å². The molecule has 37 heavy (non-hydrogen) atoms. The Hall–Kier alpha value is -4.33. The van der Waals surface area contributed by atoms with Crippen molar-refractivity contribution in [2.45, 2.75) is 25.7 Å². The maximum absolute atomic E-state index is 13.6. The highest BCUT2D eigenvalue weighted by atomic mass is 16.5. The van der Waals surface area contributed by atoms with Gasteiger partial charge in [0.25, 0.3) is 0 Å². The van der Waals surface area contributed by atoms with Gasteiger partial charge in [-0.05, 0) is 48.6 Å². The Labute approximate surface area is 211 Å². The van der Waals surface area contributed by atoms with E-state index in [1.54, 1.807) is 19.1 Å². The van der Waals surface area contributed by atoms with Gasteiger partial charge >= 0.3 is 6.09 Å². The molecule has 186 valence electrons. The first-order chi connectivity index (χ1) is 17.7. The molecule has 2 aromatic rings. The van der Waals surface area contributed by atoms with Gasteiger partial charge in [0.15, 0.2) is 11.6 Å². The summed E-state index contributed by atoms with van der Waals surface area (Å²) in [4.78, 5) is 66.1. The smallest absolute Gasteiger partial charge is 0.423 e. The van der Waals surface area contributed by atoms with Gasteiger partial charge in [0.2, 0.25) is 11.8 Å². The number of rotatable bonds is 1. The number of likely N-dealkylation sites (tertiary alicyclic amines) is 1. The maximum atomic E-state index is 13.6. The summed E-state index contributed by atoms with van der Waals surface area (Å²) in [5, 5.41) is 12.7. The number of phenolic OH excluding ortho intramolecular Hbond substituents is 1. The molecule has 0 bridgehead atoms. The summed E-state index contributed by atoms with van der Waals surface area (Å²) in [6, 6.07) is 10.8. The number of hydrogen-bond donors (Lipinski definition) is 1. The van der Waals surface area contributed by atoms with Gasteiger partial charge in [0.05, 0.1) is 18.9 Å². The molecule has 0 aromatic heterocycles. The average molecular weight is 498 g/mol. The first-order valence-corrected chi connectivity index (χ1v) is 12.1. The Morgan fingerprint density at radius 1 is 1.03 bits per heavy atom. The van der Waals surface area contributed by atoms with Crippen LogP contribution in [0, 0.1) is 17.8 Å². The van der Waals surface area contributed by atoms with Crippen LogP contribution in [0.2, 0.25) is 0 Å². The molecule has 3 aliphatic carbocycles. The fraction of sp³-hybridized carbons (Fsp3) is 0.276. The number of carbonyl (C=O) groups excluding carboxylic acids is 5. The van der Waals surface area contributed by atoms with Crippen molar-refractivity contribution >= 4 is 40.2 Å². The lowest BCUT2D eigenvalue weighted by atomic mass is 9.59. The largest absolute Gasteiger partial charge is 0.508 e. The van der Waals surface area contributed by atoms with Gasteiger partial charge in [-0.15, -0.1) is 0 Å². The molecule has 6 rings (SSSR count). The first kappa shape index (κ1) is 23.1. The number of amides is 3. The van der Waals surface area contributed by atoms with Crippen LogP contribution in [0.1, 0.15) is 31.2 Å². The quantitative estimate of drug-likeness (QED) is 0.362. The van der Waals surface area contributed by atoms with Crippen LogP contribution in [-0.4, -0.2) is 46.6 Å². The van der Waals surface area contributed by atoms with E-state index in [0.29, 0.717) is 27.2 Å². The van der Waals surface area contributed by atoms with Gasteiger partial charge in [-0.1, -0.05) is 42.0 Å². The van der Waals surface area contributed by atoms with Crippen LogP contribution in [0.4, 0.5) is 4.79 Å². The second-order valence-electron chi connectivity index (χ2n) is 9.93. The predicted molar refractivity (Wildman–Crippen MR) is 131 cm³/mol. The number of imide groups is 3. The van der Waals surface area contributed by atoms with Crippen molar-refractivity contribution in [2.75, 3.05) is 7.11 Å². The molecular formula is C29H23NO7. The van der Waals surface area contributed by atoms with Crippen molar-refractivity contribution < 1.29 is 33.8 Å². The lowest BCUT2D eigenvalue weighted by Crippen LogP contribution is -2.40. The van der Waals surface area contributed by atoms with Crippen LogP contribution in [0.25, 0.3) is 10.8 Å². The molecule has 0 radical (unpaired) electrons. The minimum absolute atomic E-state index is 0.0308. The van der Waals surface area contributed by atoms with Crippen LogP contribution in [0.5, 0.6) is 5.75 Å². The van der Waals surface area contributed by atoms with E-state index in [1.807, 2.05) is 30.3 Å². The molecule has 1 N–H and O–H groups in total. The molecule has 3 amide bonds. The summed E-state index contributed by atoms with van der Waals surface area (Å²) < 4.78 is 4.68. The monoisotopic (exact) mass is 497 g/mol. The Bertz CT molecular complexity index is 1560. The third-order valence-electron chi connectivity index (χ3n) is 8.16. The number of hydrogen-bond acceptors (Lipinski definition) is 7. The van der Waals surface area contributed by atoms with Crippen molar-refractivity contribution in [3.63, 3.8) is 0 Å². The van der Waals surface area contributed by atoms with Crippen molar-refractivity contribution in [3.8, 4) is 5.75 Å². The molecule has 8 nitrogen and oxygen atoms in total. The van der Waals surface area contributed by atoms with E-state index >= 15 is 0 Å². The fourth-order valence-corrected chi connectivity index (χ4v) is 6.55. The van der Waals surface area contributed by atoms with Gasteiger partial charge in [-0.25, -0.2) is 4.79 Å². The number of allylic oxidation sites excluding steroid dienone is 6.